The Kier molecular flexibility index (Phi) is 5.56. The Bertz CT molecular complexity index is 458. The number of nitrogens with one attached hydrogen (secondary N) is 2. The average molecular weight is 379 g/mol. The average Bonchev–Trinajstić information content (AvgIpc) is 2.40. The van der Waals surface area contributed by atoms with Gasteiger partial charge in [-0.2, -0.15) is 0 Å². The monoisotopic (exact) mass is 378 g/mol. The third-order valence-electron chi connectivity index (χ3n) is 7.07. The van der Waals surface area contributed by atoms with Gasteiger partial charge in [-0.25, -0.2) is 0 Å². The number of piperidine rings is 2. The van der Waals surface area contributed by atoms with Gasteiger partial charge in [-0.3, -0.25) is 9.80 Å². The minimum atomic E-state index is 0.215. The van der Waals surface area contributed by atoms with Crippen LogP contribution in [0.15, 0.2) is 0 Å². The highest BCUT2D eigenvalue weighted by Crippen LogP contribution is 2.37. The molecule has 0 aromatic rings. The van der Waals surface area contributed by atoms with Crippen LogP contribution in [0.3, 0.4) is 0 Å². The van der Waals surface area contributed by atoms with Gasteiger partial charge in [-0.1, -0.05) is 0 Å². The molecule has 0 atom stereocenters. The summed E-state index contributed by atoms with van der Waals surface area (Å²) < 4.78 is 0. The largest absolute Gasteiger partial charge is 0.307 e. The van der Waals surface area contributed by atoms with Crippen LogP contribution < -0.4 is 10.6 Å². The van der Waals surface area contributed by atoms with Crippen molar-refractivity contribution in [2.24, 2.45) is 0 Å². The lowest BCUT2D eigenvalue weighted by Gasteiger charge is -2.57. The molecule has 3 aliphatic rings. The molecule has 3 rings (SSSR count). The van der Waals surface area contributed by atoms with E-state index in [0.29, 0.717) is 18.2 Å². The van der Waals surface area contributed by atoms with Crippen molar-refractivity contribution < 1.29 is 0 Å². The van der Waals surface area contributed by atoms with Crippen molar-refractivity contribution in [1.29, 1.82) is 0 Å². The molecular weight excluding hydrogens is 332 g/mol. The molecule has 3 saturated heterocycles. The first-order valence-corrected chi connectivity index (χ1v) is 11.3. The van der Waals surface area contributed by atoms with Gasteiger partial charge in [0.2, 0.25) is 0 Å². The van der Waals surface area contributed by atoms with E-state index in [1.165, 1.54) is 45.2 Å². The summed E-state index contributed by atoms with van der Waals surface area (Å²) in [6, 6.07) is 1.36. The molecule has 4 nitrogen and oxygen atoms in total. The lowest BCUT2D eigenvalue weighted by molar-refractivity contribution is -0.0784. The van der Waals surface area contributed by atoms with E-state index in [0.717, 1.165) is 0 Å². The van der Waals surface area contributed by atoms with Crippen LogP contribution in [-0.2, 0) is 0 Å². The van der Waals surface area contributed by atoms with Crippen molar-refractivity contribution in [3.63, 3.8) is 0 Å². The van der Waals surface area contributed by atoms with Crippen molar-refractivity contribution in [3.8, 4) is 0 Å². The maximum atomic E-state index is 3.86. The second-order valence-electron chi connectivity index (χ2n) is 12.4. The fourth-order valence-electron chi connectivity index (χ4n) is 6.98. The molecule has 2 N–H and O–H groups in total. The Morgan fingerprint density at radius 2 is 0.889 bits per heavy atom. The lowest BCUT2D eigenvalue weighted by atomic mass is 9.77. The van der Waals surface area contributed by atoms with Crippen LogP contribution in [0.25, 0.3) is 0 Å². The third-order valence-corrected chi connectivity index (χ3v) is 7.07. The fraction of sp³-hybridized carbons (Fsp3) is 1.00. The zero-order valence-electron chi connectivity index (χ0n) is 19.6. The van der Waals surface area contributed by atoms with E-state index >= 15 is 0 Å². The second kappa shape index (κ2) is 6.97. The SMILES string of the molecule is CC1N(C2CC(C)(C)NC(C)(C)C2)CCCN1C1CC(C)(C)NC(C)(C)C1. The highest BCUT2D eigenvalue weighted by molar-refractivity contribution is 5.04. The predicted molar refractivity (Wildman–Crippen MR) is 116 cm³/mol. The highest BCUT2D eigenvalue weighted by atomic mass is 15.4. The van der Waals surface area contributed by atoms with Crippen LogP contribution in [0.2, 0.25) is 0 Å². The Morgan fingerprint density at radius 1 is 0.593 bits per heavy atom. The van der Waals surface area contributed by atoms with Crippen LogP contribution in [0.5, 0.6) is 0 Å². The highest BCUT2D eigenvalue weighted by Gasteiger charge is 2.46. The molecule has 0 aromatic carbocycles. The molecular formula is C23H46N4. The van der Waals surface area contributed by atoms with Crippen molar-refractivity contribution in [1.82, 2.24) is 20.4 Å². The molecule has 0 amide bonds. The van der Waals surface area contributed by atoms with Crippen molar-refractivity contribution >= 4 is 0 Å². The van der Waals surface area contributed by atoms with Gasteiger partial charge >= 0.3 is 0 Å². The van der Waals surface area contributed by atoms with Gasteiger partial charge in [0.05, 0.1) is 6.17 Å². The van der Waals surface area contributed by atoms with E-state index in [-0.39, 0.29) is 22.2 Å². The van der Waals surface area contributed by atoms with E-state index in [1.807, 2.05) is 0 Å². The predicted octanol–water partition coefficient (Wildman–Crippen LogP) is 3.96. The van der Waals surface area contributed by atoms with Gasteiger partial charge in [-0.05, 0) is 94.4 Å². The van der Waals surface area contributed by atoms with Gasteiger partial charge in [-0.15, -0.1) is 0 Å². The first kappa shape index (κ1) is 21.5. The molecule has 3 fully saturated rings. The molecule has 3 heterocycles. The first-order chi connectivity index (χ1) is 12.2. The zero-order valence-corrected chi connectivity index (χ0v) is 19.6. The minimum Gasteiger partial charge on any atom is -0.307 e. The first-order valence-electron chi connectivity index (χ1n) is 11.3. The number of nitrogens with zero attached hydrogens (tertiary/aromatic N) is 2. The molecule has 0 aliphatic carbocycles. The normalized spacial score (nSPS) is 33.2. The molecule has 0 bridgehead atoms. The van der Waals surface area contributed by atoms with E-state index in [4.69, 9.17) is 0 Å². The van der Waals surface area contributed by atoms with E-state index in [9.17, 15) is 0 Å². The summed E-state index contributed by atoms with van der Waals surface area (Å²) in [7, 11) is 0. The zero-order chi connectivity index (χ0) is 20.3. The van der Waals surface area contributed by atoms with Crippen LogP contribution >= 0.6 is 0 Å². The van der Waals surface area contributed by atoms with Crippen molar-refractivity contribution in [3.05, 3.63) is 0 Å². The quantitative estimate of drug-likeness (QED) is 0.761. The summed E-state index contributed by atoms with van der Waals surface area (Å²) in [6.45, 7) is 24.0. The molecule has 4 heteroatoms. The summed E-state index contributed by atoms with van der Waals surface area (Å²) in [4.78, 5) is 5.69. The fourth-order valence-corrected chi connectivity index (χ4v) is 6.98. The van der Waals surface area contributed by atoms with Crippen LogP contribution in [-0.4, -0.2) is 63.3 Å². The summed E-state index contributed by atoms with van der Waals surface area (Å²) in [5.74, 6) is 0. The Hall–Kier alpha value is -0.160. The maximum Gasteiger partial charge on any atom is 0.0598 e. The third kappa shape index (κ3) is 5.07. The smallest absolute Gasteiger partial charge is 0.0598 e. The Balaban J connectivity index is 1.77. The number of hydrogen-bond donors (Lipinski definition) is 2. The van der Waals surface area contributed by atoms with Crippen LogP contribution in [0, 0.1) is 0 Å². The Morgan fingerprint density at radius 3 is 1.19 bits per heavy atom. The maximum absolute atomic E-state index is 3.86. The number of hydrogen-bond acceptors (Lipinski definition) is 4. The summed E-state index contributed by atoms with van der Waals surface area (Å²) >= 11 is 0. The van der Waals surface area contributed by atoms with Gasteiger partial charge < -0.3 is 10.6 Å². The van der Waals surface area contributed by atoms with Gasteiger partial charge in [0.1, 0.15) is 0 Å². The molecule has 0 radical (unpaired) electrons. The molecule has 0 unspecified atom stereocenters. The van der Waals surface area contributed by atoms with Gasteiger partial charge in [0, 0.05) is 47.3 Å². The van der Waals surface area contributed by atoms with Crippen LogP contribution in [0.1, 0.15) is 94.4 Å². The molecule has 3 aliphatic heterocycles. The summed E-state index contributed by atoms with van der Waals surface area (Å²) in [6.07, 6.45) is 6.84. The molecule has 158 valence electrons. The van der Waals surface area contributed by atoms with Gasteiger partial charge in [0.15, 0.2) is 0 Å². The van der Waals surface area contributed by atoms with E-state index < -0.39 is 0 Å². The minimum absolute atomic E-state index is 0.215. The van der Waals surface area contributed by atoms with Crippen LogP contribution in [0.4, 0.5) is 0 Å². The van der Waals surface area contributed by atoms with E-state index in [2.05, 4.69) is 82.7 Å². The summed E-state index contributed by atoms with van der Waals surface area (Å²) in [5.41, 5.74) is 0.862. The molecule has 27 heavy (non-hydrogen) atoms. The lowest BCUT2D eigenvalue weighted by Crippen LogP contribution is -2.68. The second-order valence-corrected chi connectivity index (χ2v) is 12.4. The standard InChI is InChI=1S/C23H46N4/c1-17-26(18-13-20(2,3)24-21(4,5)14-18)11-10-12-27(17)19-15-22(6,7)25-23(8,9)16-19/h17-19,24-25H,10-16H2,1-9H3. The Labute approximate surface area is 168 Å². The van der Waals surface area contributed by atoms with Gasteiger partial charge in [0.25, 0.3) is 0 Å². The van der Waals surface area contributed by atoms with Crippen molar-refractivity contribution in [2.75, 3.05) is 13.1 Å². The molecule has 0 aromatic heterocycles. The molecule has 0 saturated carbocycles. The van der Waals surface area contributed by atoms with Crippen molar-refractivity contribution in [2.45, 2.75) is 135 Å². The number of rotatable bonds is 2. The topological polar surface area (TPSA) is 30.5 Å². The molecule has 0 spiro atoms. The van der Waals surface area contributed by atoms with E-state index in [1.54, 1.807) is 0 Å². The summed E-state index contributed by atoms with van der Waals surface area (Å²) in [5, 5.41) is 7.73.